The summed E-state index contributed by atoms with van der Waals surface area (Å²) in [5, 5.41) is 6.72. The number of guanidine groups is 1. The predicted molar refractivity (Wildman–Crippen MR) is 124 cm³/mol. The molecule has 0 aliphatic heterocycles. The molecule has 0 radical (unpaired) electrons. The molecule has 1 amide bonds. The van der Waals surface area contributed by atoms with Crippen LogP contribution in [0.1, 0.15) is 47.7 Å². The molecule has 0 heterocycles. The minimum absolute atomic E-state index is 0.0105. The smallest absolute Gasteiger partial charge is 0.253 e. The van der Waals surface area contributed by atoms with E-state index in [0.717, 1.165) is 43.9 Å². The van der Waals surface area contributed by atoms with E-state index in [-0.39, 0.29) is 17.1 Å². The van der Waals surface area contributed by atoms with Crippen LogP contribution in [0.5, 0.6) is 0 Å². The van der Waals surface area contributed by atoms with Crippen LogP contribution in [0.15, 0.2) is 53.5 Å². The normalized spacial score (nSPS) is 15.2. The van der Waals surface area contributed by atoms with E-state index in [4.69, 9.17) is 4.99 Å². The van der Waals surface area contributed by atoms with Crippen LogP contribution in [0.25, 0.3) is 0 Å². The van der Waals surface area contributed by atoms with Gasteiger partial charge in [-0.25, -0.2) is 4.39 Å². The van der Waals surface area contributed by atoms with E-state index in [9.17, 15) is 9.18 Å². The zero-order chi connectivity index (χ0) is 22.3. The topological polar surface area (TPSA) is 56.7 Å². The third kappa shape index (κ3) is 5.84. The zero-order valence-electron chi connectivity index (χ0n) is 18.7. The van der Waals surface area contributed by atoms with E-state index in [2.05, 4.69) is 10.6 Å². The van der Waals surface area contributed by atoms with Crippen molar-refractivity contribution in [3.8, 4) is 0 Å². The van der Waals surface area contributed by atoms with Crippen LogP contribution in [0.4, 0.5) is 4.39 Å². The number of hydrogen-bond donors (Lipinski definition) is 2. The van der Waals surface area contributed by atoms with Gasteiger partial charge in [0.25, 0.3) is 5.91 Å². The van der Waals surface area contributed by atoms with Gasteiger partial charge in [0.2, 0.25) is 0 Å². The highest BCUT2D eigenvalue weighted by atomic mass is 19.1. The van der Waals surface area contributed by atoms with E-state index in [1.807, 2.05) is 43.3 Å². The van der Waals surface area contributed by atoms with Gasteiger partial charge >= 0.3 is 0 Å². The largest absolute Gasteiger partial charge is 0.357 e. The second-order valence-electron chi connectivity index (χ2n) is 8.41. The Labute approximate surface area is 184 Å². The van der Waals surface area contributed by atoms with Gasteiger partial charge in [0, 0.05) is 38.2 Å². The molecule has 2 aromatic carbocycles. The lowest BCUT2D eigenvalue weighted by Crippen LogP contribution is -2.42. The third-order valence-electron chi connectivity index (χ3n) is 5.94. The first-order valence-corrected chi connectivity index (χ1v) is 11.0. The maximum atomic E-state index is 13.3. The minimum Gasteiger partial charge on any atom is -0.357 e. The second kappa shape index (κ2) is 10.4. The summed E-state index contributed by atoms with van der Waals surface area (Å²) in [6.45, 7) is 4.23. The quantitative estimate of drug-likeness (QED) is 0.501. The molecule has 0 saturated heterocycles. The van der Waals surface area contributed by atoms with Gasteiger partial charge in [-0.1, -0.05) is 30.7 Å². The average Bonchev–Trinajstić information content (AvgIpc) is 2.73. The van der Waals surface area contributed by atoms with Gasteiger partial charge in [0.05, 0.1) is 6.54 Å². The number of nitrogens with zero attached hydrogens (tertiary/aromatic N) is 2. The fourth-order valence-electron chi connectivity index (χ4n) is 3.96. The van der Waals surface area contributed by atoms with Crippen LogP contribution in [-0.4, -0.2) is 50.5 Å². The van der Waals surface area contributed by atoms with Crippen LogP contribution in [0.2, 0.25) is 0 Å². The molecular weight excluding hydrogens is 391 g/mol. The van der Waals surface area contributed by atoms with Gasteiger partial charge in [-0.05, 0) is 61.6 Å². The van der Waals surface area contributed by atoms with Crippen LogP contribution in [0.3, 0.4) is 0 Å². The first-order valence-electron chi connectivity index (χ1n) is 11.0. The number of rotatable bonds is 8. The Morgan fingerprint density at radius 1 is 1.13 bits per heavy atom. The lowest BCUT2D eigenvalue weighted by Gasteiger charge is -2.41. The van der Waals surface area contributed by atoms with E-state index in [0.29, 0.717) is 12.1 Å². The van der Waals surface area contributed by atoms with Crippen LogP contribution >= 0.6 is 0 Å². The first-order chi connectivity index (χ1) is 14.9. The summed E-state index contributed by atoms with van der Waals surface area (Å²) in [7, 11) is 3.52. The molecule has 0 bridgehead atoms. The first kappa shape index (κ1) is 22.8. The SMILES string of the molecule is CCNC(=NCC1(c2ccc(F)cc2)CCC1)NCCc1cccc(C(=O)N(C)C)c1. The Morgan fingerprint density at radius 2 is 1.87 bits per heavy atom. The number of aliphatic imine (C=N–C) groups is 1. The molecule has 1 aliphatic carbocycles. The number of carbonyl (C=O) groups is 1. The lowest BCUT2D eigenvalue weighted by atomic mass is 9.64. The van der Waals surface area contributed by atoms with Crippen LogP contribution in [0, 0.1) is 5.82 Å². The lowest BCUT2D eigenvalue weighted by molar-refractivity contribution is 0.0827. The van der Waals surface area contributed by atoms with Crippen molar-refractivity contribution in [2.45, 2.75) is 38.0 Å². The van der Waals surface area contributed by atoms with E-state index in [1.54, 1.807) is 19.0 Å². The Bertz CT molecular complexity index is 904. The molecule has 5 nitrogen and oxygen atoms in total. The molecule has 0 atom stereocenters. The molecule has 1 aliphatic rings. The minimum atomic E-state index is -0.201. The second-order valence-corrected chi connectivity index (χ2v) is 8.41. The number of hydrogen-bond acceptors (Lipinski definition) is 2. The number of halogens is 1. The predicted octanol–water partition coefficient (Wildman–Crippen LogP) is 3.75. The molecule has 0 spiro atoms. The molecule has 1 saturated carbocycles. The highest BCUT2D eigenvalue weighted by Gasteiger charge is 2.38. The van der Waals surface area contributed by atoms with E-state index < -0.39 is 0 Å². The van der Waals surface area contributed by atoms with Crippen molar-refractivity contribution < 1.29 is 9.18 Å². The van der Waals surface area contributed by atoms with Crippen molar-refractivity contribution in [3.05, 3.63) is 71.0 Å². The highest BCUT2D eigenvalue weighted by Crippen LogP contribution is 2.44. The maximum Gasteiger partial charge on any atom is 0.253 e. The highest BCUT2D eigenvalue weighted by molar-refractivity contribution is 5.94. The molecular formula is C25H33FN4O. The van der Waals surface area contributed by atoms with Gasteiger partial charge in [-0.3, -0.25) is 9.79 Å². The van der Waals surface area contributed by atoms with E-state index >= 15 is 0 Å². The molecule has 2 N–H and O–H groups in total. The summed E-state index contributed by atoms with van der Waals surface area (Å²) in [4.78, 5) is 18.6. The molecule has 3 rings (SSSR count). The number of amides is 1. The Kier molecular flexibility index (Phi) is 7.66. The molecule has 166 valence electrons. The number of carbonyl (C=O) groups excluding carboxylic acids is 1. The third-order valence-corrected chi connectivity index (χ3v) is 5.94. The Hall–Kier alpha value is -2.89. The summed E-state index contributed by atoms with van der Waals surface area (Å²) in [5.41, 5.74) is 2.99. The van der Waals surface area contributed by atoms with E-state index in [1.165, 1.54) is 24.1 Å². The van der Waals surface area contributed by atoms with Crippen molar-refractivity contribution in [2.24, 2.45) is 4.99 Å². The summed E-state index contributed by atoms with van der Waals surface area (Å²) in [6.07, 6.45) is 4.13. The maximum absolute atomic E-state index is 13.3. The molecule has 31 heavy (non-hydrogen) atoms. The molecule has 6 heteroatoms. The van der Waals surface area contributed by atoms with Gasteiger partial charge in [0.1, 0.15) is 5.82 Å². The number of nitrogens with one attached hydrogen (secondary N) is 2. The van der Waals surface area contributed by atoms with Crippen LogP contribution < -0.4 is 10.6 Å². The van der Waals surface area contributed by atoms with Gasteiger partial charge in [0.15, 0.2) is 5.96 Å². The summed E-state index contributed by atoms with van der Waals surface area (Å²) in [5.74, 6) is 0.598. The molecule has 1 fully saturated rings. The monoisotopic (exact) mass is 424 g/mol. The van der Waals surface area contributed by atoms with Gasteiger partial charge in [-0.2, -0.15) is 0 Å². The fraction of sp³-hybridized carbons (Fsp3) is 0.440. The van der Waals surface area contributed by atoms with Crippen molar-refractivity contribution in [3.63, 3.8) is 0 Å². The Balaban J connectivity index is 1.61. The molecule has 0 aromatic heterocycles. The summed E-state index contributed by atoms with van der Waals surface area (Å²) in [6, 6.07) is 14.6. The number of benzene rings is 2. The molecule has 0 unspecified atom stereocenters. The average molecular weight is 425 g/mol. The van der Waals surface area contributed by atoms with Crippen molar-refractivity contribution >= 4 is 11.9 Å². The van der Waals surface area contributed by atoms with Gasteiger partial charge in [-0.15, -0.1) is 0 Å². The summed E-state index contributed by atoms with van der Waals surface area (Å²) < 4.78 is 13.3. The Morgan fingerprint density at radius 3 is 2.48 bits per heavy atom. The zero-order valence-corrected chi connectivity index (χ0v) is 18.7. The van der Waals surface area contributed by atoms with Crippen molar-refractivity contribution in [2.75, 3.05) is 33.7 Å². The summed E-state index contributed by atoms with van der Waals surface area (Å²) >= 11 is 0. The molecule has 2 aromatic rings. The van der Waals surface area contributed by atoms with Crippen molar-refractivity contribution in [1.29, 1.82) is 0 Å². The van der Waals surface area contributed by atoms with Crippen molar-refractivity contribution in [1.82, 2.24) is 15.5 Å². The van der Waals surface area contributed by atoms with Crippen LogP contribution in [-0.2, 0) is 11.8 Å². The standard InChI is InChI=1S/C25H33FN4O/c1-4-27-24(28-16-13-19-7-5-8-20(17-19)23(31)30(2)3)29-18-25(14-6-15-25)21-9-11-22(26)12-10-21/h5,7-12,17H,4,6,13-16,18H2,1-3H3,(H2,27,28,29). The van der Waals surface area contributed by atoms with Gasteiger partial charge < -0.3 is 15.5 Å². The fourth-order valence-corrected chi connectivity index (χ4v) is 3.96.